The number of hydrogen-bond donors (Lipinski definition) is 0. The van der Waals surface area contributed by atoms with Crippen molar-refractivity contribution in [2.45, 2.75) is 72.6 Å². The minimum absolute atomic E-state index is 0.198. The van der Waals surface area contributed by atoms with Crippen molar-refractivity contribution in [1.29, 1.82) is 0 Å². The number of hydrogen-bond acceptors (Lipinski definition) is 1. The van der Waals surface area contributed by atoms with Gasteiger partial charge in [0, 0.05) is 5.92 Å². The molecule has 1 heteroatoms. The second-order valence-corrected chi connectivity index (χ2v) is 8.34. The van der Waals surface area contributed by atoms with Crippen molar-refractivity contribution in [3.63, 3.8) is 0 Å². The molecule has 0 bridgehead atoms. The number of fused-ring (bicyclic) bond motifs is 1. The van der Waals surface area contributed by atoms with Crippen LogP contribution >= 0.6 is 0 Å². The molecule has 0 saturated heterocycles. The maximum absolute atomic E-state index is 10.9. The zero-order chi connectivity index (χ0) is 15.0. The van der Waals surface area contributed by atoms with E-state index in [4.69, 9.17) is 0 Å². The maximum atomic E-state index is 10.9. The highest BCUT2D eigenvalue weighted by molar-refractivity contribution is 5.52. The Hall–Kier alpha value is -0.590. The van der Waals surface area contributed by atoms with E-state index in [9.17, 15) is 4.79 Å². The SMILES string of the molecule is C=C1CC[C@H]2C(C)(C)CCC[C@]2(C)[C@H]1CC[C@@H](C)C=O. The third kappa shape index (κ3) is 2.73. The first-order valence-corrected chi connectivity index (χ1v) is 8.44. The van der Waals surface area contributed by atoms with Gasteiger partial charge in [-0.2, -0.15) is 0 Å². The lowest BCUT2D eigenvalue weighted by molar-refractivity contribution is -0.111. The molecule has 0 spiro atoms. The molecule has 0 aromatic heterocycles. The minimum atomic E-state index is 0.198. The molecule has 2 saturated carbocycles. The van der Waals surface area contributed by atoms with Crippen LogP contribution in [0.25, 0.3) is 0 Å². The standard InChI is InChI=1S/C19H32O/c1-14(13-20)7-9-16-15(2)8-10-17-18(3,4)11-6-12-19(16,17)5/h13-14,16-17H,2,6-12H2,1,3-5H3/t14-,16+,17+,19-/m1/s1. The van der Waals surface area contributed by atoms with E-state index in [0.29, 0.717) is 16.7 Å². The number of aldehydes is 1. The Balaban J connectivity index is 2.19. The summed E-state index contributed by atoms with van der Waals surface area (Å²) in [4.78, 5) is 10.9. The van der Waals surface area contributed by atoms with E-state index in [1.54, 1.807) is 0 Å². The second kappa shape index (κ2) is 5.66. The fourth-order valence-electron chi connectivity index (χ4n) is 5.31. The zero-order valence-corrected chi connectivity index (χ0v) is 13.9. The molecule has 0 aromatic rings. The summed E-state index contributed by atoms with van der Waals surface area (Å²) in [7, 11) is 0. The largest absolute Gasteiger partial charge is 0.303 e. The van der Waals surface area contributed by atoms with Gasteiger partial charge in [0.1, 0.15) is 6.29 Å². The van der Waals surface area contributed by atoms with Crippen LogP contribution in [0.5, 0.6) is 0 Å². The van der Waals surface area contributed by atoms with Crippen molar-refractivity contribution in [2.75, 3.05) is 0 Å². The number of allylic oxidation sites excluding steroid dienone is 1. The lowest BCUT2D eigenvalue weighted by Crippen LogP contribution is -2.49. The van der Waals surface area contributed by atoms with Crippen LogP contribution in [-0.4, -0.2) is 6.29 Å². The second-order valence-electron chi connectivity index (χ2n) is 8.34. The van der Waals surface area contributed by atoms with Crippen LogP contribution in [0.1, 0.15) is 72.6 Å². The first-order valence-electron chi connectivity index (χ1n) is 8.44. The lowest BCUT2D eigenvalue weighted by atomic mass is 9.47. The minimum Gasteiger partial charge on any atom is -0.303 e. The van der Waals surface area contributed by atoms with E-state index in [-0.39, 0.29) is 5.92 Å². The average molecular weight is 276 g/mol. The van der Waals surface area contributed by atoms with E-state index in [1.165, 1.54) is 37.7 Å². The monoisotopic (exact) mass is 276 g/mol. The molecule has 0 N–H and O–H groups in total. The molecule has 0 amide bonds. The highest BCUT2D eigenvalue weighted by Gasteiger charge is 2.52. The Morgan fingerprint density at radius 3 is 2.70 bits per heavy atom. The Labute approximate surface area is 125 Å². The molecule has 0 heterocycles. The molecule has 0 aliphatic heterocycles. The molecular weight excluding hydrogens is 244 g/mol. The van der Waals surface area contributed by atoms with Crippen LogP contribution in [0, 0.1) is 28.6 Å². The summed E-state index contributed by atoms with van der Waals surface area (Å²) in [6, 6.07) is 0. The zero-order valence-electron chi connectivity index (χ0n) is 13.9. The van der Waals surface area contributed by atoms with E-state index < -0.39 is 0 Å². The van der Waals surface area contributed by atoms with Crippen molar-refractivity contribution in [1.82, 2.24) is 0 Å². The summed E-state index contributed by atoms with van der Waals surface area (Å²) >= 11 is 0. The van der Waals surface area contributed by atoms with Gasteiger partial charge in [-0.15, -0.1) is 0 Å². The van der Waals surface area contributed by atoms with Gasteiger partial charge in [-0.05, 0) is 61.2 Å². The predicted octanol–water partition coefficient (Wildman–Crippen LogP) is 5.40. The maximum Gasteiger partial charge on any atom is 0.122 e. The molecule has 0 aromatic carbocycles. The molecule has 2 fully saturated rings. The number of carbonyl (C=O) groups is 1. The lowest BCUT2D eigenvalue weighted by Gasteiger charge is -2.58. The Bertz CT molecular complexity index is 381. The van der Waals surface area contributed by atoms with Crippen LogP contribution in [-0.2, 0) is 4.79 Å². The smallest absolute Gasteiger partial charge is 0.122 e. The van der Waals surface area contributed by atoms with Gasteiger partial charge >= 0.3 is 0 Å². The fraction of sp³-hybridized carbons (Fsp3) is 0.842. The van der Waals surface area contributed by atoms with Crippen LogP contribution in [0.2, 0.25) is 0 Å². The van der Waals surface area contributed by atoms with Gasteiger partial charge in [-0.1, -0.05) is 46.3 Å². The van der Waals surface area contributed by atoms with Crippen LogP contribution in [0.15, 0.2) is 12.2 Å². The van der Waals surface area contributed by atoms with Crippen LogP contribution in [0.3, 0.4) is 0 Å². The summed E-state index contributed by atoms with van der Waals surface area (Å²) in [6.07, 6.45) is 9.88. The van der Waals surface area contributed by atoms with Gasteiger partial charge in [-0.25, -0.2) is 0 Å². The highest BCUT2D eigenvalue weighted by atomic mass is 16.1. The van der Waals surface area contributed by atoms with Crippen molar-refractivity contribution in [2.24, 2.45) is 28.6 Å². The molecule has 2 aliphatic carbocycles. The Morgan fingerprint density at radius 1 is 1.35 bits per heavy atom. The topological polar surface area (TPSA) is 17.1 Å². The van der Waals surface area contributed by atoms with Crippen molar-refractivity contribution < 1.29 is 4.79 Å². The molecule has 0 unspecified atom stereocenters. The number of rotatable bonds is 4. The van der Waals surface area contributed by atoms with Crippen molar-refractivity contribution >= 4 is 6.29 Å². The average Bonchev–Trinajstić information content (AvgIpc) is 2.36. The molecule has 114 valence electrons. The molecular formula is C19H32O. The van der Waals surface area contributed by atoms with Gasteiger partial charge in [-0.3, -0.25) is 0 Å². The normalized spacial score (nSPS) is 38.1. The van der Waals surface area contributed by atoms with Gasteiger partial charge in [0.05, 0.1) is 0 Å². The molecule has 2 rings (SSSR count). The summed E-state index contributed by atoms with van der Waals surface area (Å²) in [5.74, 6) is 1.65. The predicted molar refractivity (Wildman–Crippen MR) is 85.6 cm³/mol. The fourth-order valence-corrected chi connectivity index (χ4v) is 5.31. The third-order valence-electron chi connectivity index (χ3n) is 6.46. The van der Waals surface area contributed by atoms with Crippen LogP contribution < -0.4 is 0 Å². The highest BCUT2D eigenvalue weighted by Crippen LogP contribution is 2.61. The first-order chi connectivity index (χ1) is 9.31. The van der Waals surface area contributed by atoms with E-state index in [1.807, 2.05) is 6.92 Å². The summed E-state index contributed by atoms with van der Waals surface area (Å²) in [5.41, 5.74) is 2.35. The summed E-state index contributed by atoms with van der Waals surface area (Å²) in [5, 5.41) is 0. The number of carbonyl (C=O) groups excluding carboxylic acids is 1. The molecule has 1 nitrogen and oxygen atoms in total. The van der Waals surface area contributed by atoms with Gasteiger partial charge < -0.3 is 4.79 Å². The Morgan fingerprint density at radius 2 is 2.05 bits per heavy atom. The van der Waals surface area contributed by atoms with Gasteiger partial charge in [0.15, 0.2) is 0 Å². The van der Waals surface area contributed by atoms with Gasteiger partial charge in [0.25, 0.3) is 0 Å². The molecule has 2 aliphatic rings. The van der Waals surface area contributed by atoms with E-state index in [2.05, 4.69) is 27.4 Å². The van der Waals surface area contributed by atoms with Gasteiger partial charge in [0.2, 0.25) is 0 Å². The Kier molecular flexibility index (Phi) is 4.47. The van der Waals surface area contributed by atoms with Crippen LogP contribution in [0.4, 0.5) is 0 Å². The van der Waals surface area contributed by atoms with Crippen molar-refractivity contribution in [3.05, 3.63) is 12.2 Å². The third-order valence-corrected chi connectivity index (χ3v) is 6.46. The quantitative estimate of drug-likeness (QED) is 0.496. The van der Waals surface area contributed by atoms with E-state index in [0.717, 1.165) is 25.0 Å². The first kappa shape index (κ1) is 15.8. The molecule has 4 atom stereocenters. The van der Waals surface area contributed by atoms with Crippen molar-refractivity contribution in [3.8, 4) is 0 Å². The molecule has 20 heavy (non-hydrogen) atoms. The molecule has 0 radical (unpaired) electrons. The summed E-state index contributed by atoms with van der Waals surface area (Å²) in [6.45, 7) is 13.9. The summed E-state index contributed by atoms with van der Waals surface area (Å²) < 4.78 is 0. The van der Waals surface area contributed by atoms with E-state index >= 15 is 0 Å².